The molecule has 2 heterocycles. The number of nitrogens with zero attached hydrogens (tertiary/aromatic N) is 3. The van der Waals surface area contributed by atoms with Gasteiger partial charge in [0.1, 0.15) is 35.2 Å². The number of carbonyl (C=O) groups excluding carboxylic acids is 2. The maximum Gasteiger partial charge on any atom is 0.333 e. The van der Waals surface area contributed by atoms with E-state index < -0.39 is 5.97 Å². The summed E-state index contributed by atoms with van der Waals surface area (Å²) in [7, 11) is 3.00. The quantitative estimate of drug-likeness (QED) is 0.184. The Balaban J connectivity index is 1.40. The minimum Gasteiger partial charge on any atom is -0.497 e. The van der Waals surface area contributed by atoms with Gasteiger partial charge in [-0.1, -0.05) is 29.8 Å². The van der Waals surface area contributed by atoms with E-state index in [9.17, 15) is 9.59 Å². The van der Waals surface area contributed by atoms with Crippen LogP contribution in [0.25, 0.3) is 6.08 Å². The fourth-order valence-electron chi connectivity index (χ4n) is 4.91. The lowest BCUT2D eigenvalue weighted by molar-refractivity contribution is -0.136. The van der Waals surface area contributed by atoms with Crippen LogP contribution in [0.3, 0.4) is 0 Å². The zero-order chi connectivity index (χ0) is 32.8. The molecule has 1 aliphatic heterocycles. The summed E-state index contributed by atoms with van der Waals surface area (Å²) in [6.45, 7) is 6.88. The van der Waals surface area contributed by atoms with Crippen molar-refractivity contribution in [2.75, 3.05) is 31.0 Å². The lowest BCUT2D eigenvalue weighted by Gasteiger charge is -2.24. The van der Waals surface area contributed by atoms with Gasteiger partial charge in [-0.05, 0) is 87.4 Å². The van der Waals surface area contributed by atoms with E-state index in [0.29, 0.717) is 70.1 Å². The van der Waals surface area contributed by atoms with E-state index in [1.54, 1.807) is 49.6 Å². The topological polar surface area (TPSA) is 115 Å². The third-order valence-electron chi connectivity index (χ3n) is 7.12. The van der Waals surface area contributed by atoms with Gasteiger partial charge < -0.3 is 29.7 Å². The molecule has 0 saturated carbocycles. The minimum absolute atomic E-state index is 0.195. The van der Waals surface area contributed by atoms with E-state index in [-0.39, 0.29) is 11.4 Å². The number of ether oxygens (including phenoxy) is 3. The monoisotopic (exact) mass is 641 g/mol. The van der Waals surface area contributed by atoms with Gasteiger partial charge in [0, 0.05) is 35.5 Å². The van der Waals surface area contributed by atoms with E-state index >= 15 is 0 Å². The molecule has 0 unspecified atom stereocenters. The number of methoxy groups -OCH3 is 2. The molecule has 1 aliphatic rings. The number of hydrogen-bond acceptors (Lipinski definition) is 9. The minimum atomic E-state index is -0.406. The van der Waals surface area contributed by atoms with Crippen LogP contribution in [-0.4, -0.2) is 48.1 Å². The number of anilines is 3. The second-order valence-electron chi connectivity index (χ2n) is 11.7. The van der Waals surface area contributed by atoms with Crippen molar-refractivity contribution in [1.29, 1.82) is 0 Å². The zero-order valence-electron chi connectivity index (χ0n) is 26.4. The highest BCUT2D eigenvalue weighted by Gasteiger charge is 2.24. The number of esters is 1. The average molecular weight is 642 g/mol. The van der Waals surface area contributed by atoms with E-state index in [1.165, 1.54) is 13.4 Å². The Morgan fingerprint density at radius 1 is 0.978 bits per heavy atom. The van der Waals surface area contributed by atoms with Gasteiger partial charge in [-0.25, -0.2) is 14.8 Å². The third kappa shape index (κ3) is 7.94. The number of amides is 1. The fourth-order valence-corrected chi connectivity index (χ4v) is 5.13. The first kappa shape index (κ1) is 32.3. The van der Waals surface area contributed by atoms with Gasteiger partial charge in [-0.15, -0.1) is 0 Å². The molecular weight excluding hydrogens is 606 g/mol. The van der Waals surface area contributed by atoms with Crippen LogP contribution in [0.15, 0.2) is 78.6 Å². The highest BCUT2D eigenvalue weighted by Crippen LogP contribution is 2.36. The van der Waals surface area contributed by atoms with E-state index in [4.69, 9.17) is 25.8 Å². The summed E-state index contributed by atoms with van der Waals surface area (Å²) < 4.78 is 16.4. The average Bonchev–Trinajstić information content (AvgIpc) is 3.22. The lowest BCUT2D eigenvalue weighted by Crippen LogP contribution is -2.40. The predicted octanol–water partition coefficient (Wildman–Crippen LogP) is 7.17. The van der Waals surface area contributed by atoms with Crippen LogP contribution >= 0.6 is 11.6 Å². The SMILES string of the molecule is COC(=O)C1=Cc2c(Nc3ccc(Oc4cccc(C(=O)NC(C)(C)C)c4)c(Cl)c3)ncnc2N(Cc2ccc(OC)cc2)CC1. The normalized spacial score (nSPS) is 12.7. The zero-order valence-corrected chi connectivity index (χ0v) is 27.1. The number of fused-ring (bicyclic) bond motifs is 1. The number of benzene rings is 3. The van der Waals surface area contributed by atoms with E-state index in [0.717, 1.165) is 11.3 Å². The van der Waals surface area contributed by atoms with Gasteiger partial charge >= 0.3 is 5.97 Å². The van der Waals surface area contributed by atoms with Gasteiger partial charge in [0.15, 0.2) is 0 Å². The van der Waals surface area contributed by atoms with Crippen LogP contribution in [0.5, 0.6) is 17.2 Å². The maximum atomic E-state index is 12.6. The number of rotatable bonds is 9. The molecule has 238 valence electrons. The molecule has 2 N–H and O–H groups in total. The molecule has 46 heavy (non-hydrogen) atoms. The lowest BCUT2D eigenvalue weighted by atomic mass is 10.1. The molecule has 1 amide bonds. The van der Waals surface area contributed by atoms with Crippen LogP contribution in [0.1, 0.15) is 48.7 Å². The molecule has 0 fully saturated rings. The number of halogens is 1. The van der Waals surface area contributed by atoms with Crippen molar-refractivity contribution >= 4 is 46.9 Å². The van der Waals surface area contributed by atoms with Crippen molar-refractivity contribution in [1.82, 2.24) is 15.3 Å². The van der Waals surface area contributed by atoms with Crippen LogP contribution in [0.4, 0.5) is 17.3 Å². The van der Waals surface area contributed by atoms with Crippen molar-refractivity contribution in [3.63, 3.8) is 0 Å². The summed E-state index contributed by atoms with van der Waals surface area (Å²) in [5.41, 5.74) is 2.98. The summed E-state index contributed by atoms with van der Waals surface area (Å²) in [5.74, 6) is 2.24. The smallest absolute Gasteiger partial charge is 0.333 e. The number of carbonyl (C=O) groups is 2. The summed E-state index contributed by atoms with van der Waals surface area (Å²) >= 11 is 6.66. The Labute approximate surface area is 273 Å². The summed E-state index contributed by atoms with van der Waals surface area (Å²) in [4.78, 5) is 36.5. The second-order valence-corrected chi connectivity index (χ2v) is 12.2. The molecule has 0 bridgehead atoms. The van der Waals surface area contributed by atoms with Crippen molar-refractivity contribution in [3.8, 4) is 17.2 Å². The van der Waals surface area contributed by atoms with Crippen molar-refractivity contribution < 1.29 is 23.8 Å². The van der Waals surface area contributed by atoms with Crippen LogP contribution < -0.4 is 25.0 Å². The fraction of sp³-hybridized carbons (Fsp3) is 0.257. The standard InChI is InChI=1S/C35H36ClN5O5/c1-35(2,3)40-33(42)23-7-6-8-27(17-23)46-30-14-11-25(19-29(30)36)39-31-28-18-24(34(43)45-5)15-16-41(32(28)38-21-37-31)20-22-9-12-26(44-4)13-10-22/h6-14,17-19,21H,15-16,20H2,1-5H3,(H,40,42)(H,37,38,39). The Morgan fingerprint density at radius 2 is 1.76 bits per heavy atom. The highest BCUT2D eigenvalue weighted by molar-refractivity contribution is 6.32. The molecule has 1 aromatic heterocycles. The Bertz CT molecular complexity index is 1770. The molecule has 0 spiro atoms. The number of hydrogen-bond donors (Lipinski definition) is 2. The van der Waals surface area contributed by atoms with Crippen molar-refractivity contribution in [2.24, 2.45) is 0 Å². The molecule has 11 heteroatoms. The van der Waals surface area contributed by atoms with Crippen LogP contribution in [-0.2, 0) is 16.1 Å². The van der Waals surface area contributed by atoms with Gasteiger partial charge in [0.05, 0.1) is 24.8 Å². The number of aromatic nitrogens is 2. The summed E-state index contributed by atoms with van der Waals surface area (Å²) in [6, 6.07) is 20.0. The molecule has 4 aromatic rings. The van der Waals surface area contributed by atoms with Crippen LogP contribution in [0.2, 0.25) is 5.02 Å². The van der Waals surface area contributed by atoms with Gasteiger partial charge in [-0.2, -0.15) is 0 Å². The Kier molecular flexibility index (Phi) is 9.77. The molecule has 0 aliphatic carbocycles. The second kappa shape index (κ2) is 13.9. The molecule has 5 rings (SSSR count). The molecular formula is C35H36ClN5O5. The van der Waals surface area contributed by atoms with Gasteiger partial charge in [-0.3, -0.25) is 4.79 Å². The molecule has 10 nitrogen and oxygen atoms in total. The Morgan fingerprint density at radius 3 is 2.46 bits per heavy atom. The van der Waals surface area contributed by atoms with Gasteiger partial charge in [0.2, 0.25) is 0 Å². The summed E-state index contributed by atoms with van der Waals surface area (Å²) in [5, 5.41) is 6.63. The highest BCUT2D eigenvalue weighted by atomic mass is 35.5. The third-order valence-corrected chi connectivity index (χ3v) is 7.41. The van der Waals surface area contributed by atoms with Gasteiger partial charge in [0.25, 0.3) is 5.91 Å². The largest absolute Gasteiger partial charge is 0.497 e. The van der Waals surface area contributed by atoms with E-state index in [1.807, 2.05) is 51.1 Å². The van der Waals surface area contributed by atoms with Crippen molar-refractivity contribution in [2.45, 2.75) is 39.3 Å². The summed E-state index contributed by atoms with van der Waals surface area (Å²) in [6.07, 6.45) is 3.73. The predicted molar refractivity (Wildman–Crippen MR) is 179 cm³/mol. The number of nitrogens with one attached hydrogen (secondary N) is 2. The first-order valence-corrected chi connectivity index (χ1v) is 15.1. The Hall–Kier alpha value is -5.09. The molecule has 0 radical (unpaired) electrons. The first-order valence-electron chi connectivity index (χ1n) is 14.7. The van der Waals surface area contributed by atoms with Crippen molar-refractivity contribution in [3.05, 3.63) is 100 Å². The van der Waals surface area contributed by atoms with Crippen LogP contribution in [0, 0.1) is 0 Å². The first-order chi connectivity index (χ1) is 22.0. The molecule has 3 aromatic carbocycles. The molecule has 0 saturated heterocycles. The van der Waals surface area contributed by atoms with E-state index in [2.05, 4.69) is 25.5 Å². The molecule has 0 atom stereocenters. The maximum absolute atomic E-state index is 12.6.